The first kappa shape index (κ1) is 19.4. The van der Waals surface area contributed by atoms with Crippen molar-refractivity contribution in [2.45, 2.75) is 30.7 Å². The summed E-state index contributed by atoms with van der Waals surface area (Å²) in [5.41, 5.74) is 0.591. The number of nitrogens with one attached hydrogen (secondary N) is 1. The Morgan fingerprint density at radius 2 is 1.78 bits per heavy atom. The van der Waals surface area contributed by atoms with Crippen molar-refractivity contribution in [3.63, 3.8) is 0 Å². The molecule has 8 heteroatoms. The summed E-state index contributed by atoms with van der Waals surface area (Å²) < 4.78 is 53.1. The van der Waals surface area contributed by atoms with Crippen LogP contribution in [0, 0.1) is 11.6 Å². The maximum Gasteiger partial charge on any atom is 0.251 e. The molecule has 1 aliphatic rings. The molecule has 0 bridgehead atoms. The van der Waals surface area contributed by atoms with Gasteiger partial charge < -0.3 is 5.32 Å². The van der Waals surface area contributed by atoms with Crippen molar-refractivity contribution < 1.29 is 22.0 Å². The van der Waals surface area contributed by atoms with Gasteiger partial charge in [-0.25, -0.2) is 17.2 Å². The van der Waals surface area contributed by atoms with Gasteiger partial charge in [0, 0.05) is 18.7 Å². The number of carbonyl (C=O) groups is 1. The first-order valence-corrected chi connectivity index (χ1v) is 10.1. The molecule has 1 fully saturated rings. The standard InChI is InChI=1S/C19H20F2N2O3S/c1-13(14-7-8-17(20)18(21)12-14)22-19(24)15-5-4-6-16(11-15)27(25,26)23-9-2-3-10-23/h4-8,11-13H,2-3,9-10H2,1H3,(H,22,24)/t13-/m0/s1. The van der Waals surface area contributed by atoms with Crippen LogP contribution in [0.5, 0.6) is 0 Å². The molecule has 1 N–H and O–H groups in total. The molecular formula is C19H20F2N2O3S. The summed E-state index contributed by atoms with van der Waals surface area (Å²) in [4.78, 5) is 12.6. The molecule has 1 heterocycles. The van der Waals surface area contributed by atoms with Gasteiger partial charge in [-0.15, -0.1) is 0 Å². The molecule has 27 heavy (non-hydrogen) atoms. The first-order valence-electron chi connectivity index (χ1n) is 8.65. The van der Waals surface area contributed by atoms with E-state index in [4.69, 9.17) is 0 Å². The molecule has 1 aliphatic heterocycles. The Balaban J connectivity index is 1.78. The van der Waals surface area contributed by atoms with E-state index in [1.54, 1.807) is 6.92 Å². The third-order valence-corrected chi connectivity index (χ3v) is 6.48. The zero-order valence-corrected chi connectivity index (χ0v) is 15.6. The molecule has 0 saturated carbocycles. The Morgan fingerprint density at radius 3 is 2.44 bits per heavy atom. The molecule has 0 spiro atoms. The fraction of sp³-hybridized carbons (Fsp3) is 0.316. The fourth-order valence-corrected chi connectivity index (χ4v) is 4.58. The van der Waals surface area contributed by atoms with Crippen molar-refractivity contribution in [1.82, 2.24) is 9.62 Å². The highest BCUT2D eigenvalue weighted by molar-refractivity contribution is 7.89. The summed E-state index contributed by atoms with van der Waals surface area (Å²) in [6.45, 7) is 2.59. The molecule has 1 amide bonds. The fourth-order valence-electron chi connectivity index (χ4n) is 3.02. The second-order valence-electron chi connectivity index (χ2n) is 6.51. The van der Waals surface area contributed by atoms with Crippen LogP contribution in [0.1, 0.15) is 41.7 Å². The quantitative estimate of drug-likeness (QED) is 0.847. The third kappa shape index (κ3) is 4.17. The van der Waals surface area contributed by atoms with Crippen molar-refractivity contribution in [2.24, 2.45) is 0 Å². The van der Waals surface area contributed by atoms with Crippen LogP contribution >= 0.6 is 0 Å². The summed E-state index contributed by atoms with van der Waals surface area (Å²) >= 11 is 0. The molecule has 0 aliphatic carbocycles. The lowest BCUT2D eigenvalue weighted by Gasteiger charge is -2.17. The maximum atomic E-state index is 13.4. The molecule has 144 valence electrons. The normalized spacial score (nSPS) is 16.3. The highest BCUT2D eigenvalue weighted by Crippen LogP contribution is 2.22. The van der Waals surface area contributed by atoms with Gasteiger partial charge >= 0.3 is 0 Å². The van der Waals surface area contributed by atoms with Crippen LogP contribution in [0.2, 0.25) is 0 Å². The lowest BCUT2D eigenvalue weighted by molar-refractivity contribution is 0.0939. The summed E-state index contributed by atoms with van der Waals surface area (Å²) in [6, 6.07) is 8.65. The van der Waals surface area contributed by atoms with Gasteiger partial charge in [0.25, 0.3) is 5.91 Å². The van der Waals surface area contributed by atoms with Crippen molar-refractivity contribution >= 4 is 15.9 Å². The van der Waals surface area contributed by atoms with E-state index in [-0.39, 0.29) is 10.5 Å². The van der Waals surface area contributed by atoms with Gasteiger partial charge in [-0.05, 0) is 55.7 Å². The SMILES string of the molecule is C[C@H](NC(=O)c1cccc(S(=O)(=O)N2CCCC2)c1)c1ccc(F)c(F)c1. The predicted molar refractivity (Wildman–Crippen MR) is 96.7 cm³/mol. The third-order valence-electron chi connectivity index (χ3n) is 4.59. The predicted octanol–water partition coefficient (Wildman–Crippen LogP) is 3.24. The number of rotatable bonds is 5. The Morgan fingerprint density at radius 1 is 1.07 bits per heavy atom. The van der Waals surface area contributed by atoms with Crippen LogP contribution in [-0.4, -0.2) is 31.7 Å². The number of carbonyl (C=O) groups excluding carboxylic acids is 1. The minimum absolute atomic E-state index is 0.0672. The number of hydrogen-bond acceptors (Lipinski definition) is 3. The molecule has 1 atom stereocenters. The van der Waals surface area contributed by atoms with Crippen molar-refractivity contribution in [2.75, 3.05) is 13.1 Å². The summed E-state index contributed by atoms with van der Waals surface area (Å²) in [7, 11) is -3.62. The van der Waals surface area contributed by atoms with Gasteiger partial charge in [-0.3, -0.25) is 4.79 Å². The Labute approximate surface area is 157 Å². The van der Waals surface area contributed by atoms with Gasteiger partial charge in [0.05, 0.1) is 10.9 Å². The zero-order chi connectivity index (χ0) is 19.6. The highest BCUT2D eigenvalue weighted by Gasteiger charge is 2.27. The minimum atomic E-state index is -3.62. The Hall–Kier alpha value is -2.32. The number of nitrogens with zero attached hydrogens (tertiary/aromatic N) is 1. The average Bonchev–Trinajstić information content (AvgIpc) is 3.19. The van der Waals surface area contributed by atoms with E-state index in [9.17, 15) is 22.0 Å². The summed E-state index contributed by atoms with van der Waals surface area (Å²) in [5.74, 6) is -2.45. The van der Waals surface area contributed by atoms with E-state index in [2.05, 4.69) is 5.32 Å². The maximum absolute atomic E-state index is 13.4. The number of benzene rings is 2. The monoisotopic (exact) mass is 394 g/mol. The Kier molecular flexibility index (Phi) is 5.57. The molecule has 2 aromatic carbocycles. The molecule has 2 aromatic rings. The summed E-state index contributed by atoms with van der Waals surface area (Å²) in [6.07, 6.45) is 1.65. The number of sulfonamides is 1. The highest BCUT2D eigenvalue weighted by atomic mass is 32.2. The number of amides is 1. The van der Waals surface area contributed by atoms with E-state index >= 15 is 0 Å². The molecule has 3 rings (SSSR count). The number of hydrogen-bond donors (Lipinski definition) is 1. The van der Waals surface area contributed by atoms with Crippen molar-refractivity contribution in [3.8, 4) is 0 Å². The smallest absolute Gasteiger partial charge is 0.251 e. The average molecular weight is 394 g/mol. The summed E-state index contributed by atoms with van der Waals surface area (Å²) in [5, 5.41) is 2.67. The minimum Gasteiger partial charge on any atom is -0.346 e. The lowest BCUT2D eigenvalue weighted by atomic mass is 10.1. The lowest BCUT2D eigenvalue weighted by Crippen LogP contribution is -2.29. The zero-order valence-electron chi connectivity index (χ0n) is 14.8. The molecule has 0 aromatic heterocycles. The molecule has 1 saturated heterocycles. The van der Waals surface area contributed by atoms with Crippen LogP contribution in [0.4, 0.5) is 8.78 Å². The van der Waals surface area contributed by atoms with Gasteiger partial charge in [0.1, 0.15) is 0 Å². The van der Waals surface area contributed by atoms with Gasteiger partial charge in [0.2, 0.25) is 10.0 Å². The Bertz CT molecular complexity index is 957. The van der Waals surface area contributed by atoms with E-state index < -0.39 is 33.6 Å². The van der Waals surface area contributed by atoms with Crippen LogP contribution in [-0.2, 0) is 10.0 Å². The molecule has 5 nitrogen and oxygen atoms in total. The van der Waals surface area contributed by atoms with Crippen LogP contribution < -0.4 is 5.32 Å². The second-order valence-corrected chi connectivity index (χ2v) is 8.45. The number of halogens is 2. The van der Waals surface area contributed by atoms with E-state index in [1.807, 2.05) is 0 Å². The first-order chi connectivity index (χ1) is 12.8. The van der Waals surface area contributed by atoms with Gasteiger partial charge in [0.15, 0.2) is 11.6 Å². The van der Waals surface area contributed by atoms with Crippen LogP contribution in [0.15, 0.2) is 47.4 Å². The largest absolute Gasteiger partial charge is 0.346 e. The van der Waals surface area contributed by atoms with Crippen molar-refractivity contribution in [1.29, 1.82) is 0 Å². The topological polar surface area (TPSA) is 66.5 Å². The molecular weight excluding hydrogens is 374 g/mol. The van der Waals surface area contributed by atoms with E-state index in [0.29, 0.717) is 18.7 Å². The van der Waals surface area contributed by atoms with E-state index in [0.717, 1.165) is 25.0 Å². The second kappa shape index (κ2) is 7.74. The van der Waals surface area contributed by atoms with Crippen molar-refractivity contribution in [3.05, 3.63) is 65.2 Å². The van der Waals surface area contributed by atoms with E-state index in [1.165, 1.54) is 34.6 Å². The van der Waals surface area contributed by atoms with Crippen LogP contribution in [0.3, 0.4) is 0 Å². The van der Waals surface area contributed by atoms with Gasteiger partial charge in [-0.2, -0.15) is 4.31 Å². The molecule has 0 radical (unpaired) electrons. The molecule has 0 unspecified atom stereocenters. The van der Waals surface area contributed by atoms with Gasteiger partial charge in [-0.1, -0.05) is 12.1 Å². The van der Waals surface area contributed by atoms with Crippen LogP contribution in [0.25, 0.3) is 0 Å².